The Morgan fingerprint density at radius 3 is 2.34 bits per heavy atom. The second-order valence-corrected chi connectivity index (χ2v) is 10.0. The summed E-state index contributed by atoms with van der Waals surface area (Å²) in [5, 5.41) is 33.5. The molecule has 29 heavy (non-hydrogen) atoms. The molecule has 0 spiro atoms. The van der Waals surface area contributed by atoms with Gasteiger partial charge >= 0.3 is 174 Å². The Bertz CT molecular complexity index is 989. The third-order valence-corrected chi connectivity index (χ3v) is 7.74. The Morgan fingerprint density at radius 1 is 1.10 bits per heavy atom. The number of nitrogens with zero attached hydrogens (tertiary/aromatic N) is 1. The normalized spacial score (nSPS) is 21.7. The monoisotopic (exact) mass is 463 g/mol. The van der Waals surface area contributed by atoms with Gasteiger partial charge in [0.15, 0.2) is 0 Å². The van der Waals surface area contributed by atoms with Gasteiger partial charge in [-0.3, -0.25) is 0 Å². The number of hydrogen-bond donors (Lipinski definition) is 2. The van der Waals surface area contributed by atoms with Gasteiger partial charge in [-0.25, -0.2) is 0 Å². The van der Waals surface area contributed by atoms with E-state index in [1.807, 2.05) is 0 Å². The van der Waals surface area contributed by atoms with Gasteiger partial charge in [0, 0.05) is 0 Å². The first kappa shape index (κ1) is 21.3. The first-order valence-electron chi connectivity index (χ1n) is 9.06. The van der Waals surface area contributed by atoms with Gasteiger partial charge in [-0.2, -0.15) is 0 Å². The van der Waals surface area contributed by atoms with Crippen LogP contribution >= 0.6 is 0 Å². The van der Waals surface area contributed by atoms with Gasteiger partial charge in [0.1, 0.15) is 0 Å². The number of nitro benzene ring substituents is 1. The van der Waals surface area contributed by atoms with E-state index in [-0.39, 0.29) is 31.8 Å². The summed E-state index contributed by atoms with van der Waals surface area (Å²) >= 11 is -0.276. The summed E-state index contributed by atoms with van der Waals surface area (Å²) in [6.45, 7) is 3.26. The molecule has 152 valence electrons. The molecule has 0 saturated carbocycles. The molecule has 0 unspecified atom stereocenters. The molecule has 0 saturated heterocycles. The number of fused-ring (bicyclic) bond motifs is 1. The average Bonchev–Trinajstić information content (AvgIpc) is 2.70. The van der Waals surface area contributed by atoms with E-state index in [4.69, 9.17) is 0 Å². The maximum atomic E-state index is 13.1. The van der Waals surface area contributed by atoms with E-state index in [2.05, 4.69) is 0 Å². The fraction of sp³-hybridized carbons (Fsp3) is 0.333. The number of aliphatic hydroxyl groups excluding tert-OH is 1. The summed E-state index contributed by atoms with van der Waals surface area (Å²) in [4.78, 5) is 36.4. The van der Waals surface area contributed by atoms with E-state index < -0.39 is 33.6 Å². The van der Waals surface area contributed by atoms with Crippen LogP contribution in [-0.2, 0) is 0 Å². The first-order chi connectivity index (χ1) is 13.6. The Kier molecular flexibility index (Phi) is 5.74. The predicted octanol–water partition coefficient (Wildman–Crippen LogP) is 1.93. The minimum absolute atomic E-state index is 0.0434. The molecule has 0 bridgehead atoms. The van der Waals surface area contributed by atoms with Crippen LogP contribution in [0.1, 0.15) is 41.0 Å². The summed E-state index contributed by atoms with van der Waals surface area (Å²) in [5.41, 5.74) is -3.14. The van der Waals surface area contributed by atoms with Crippen molar-refractivity contribution in [2.24, 2.45) is 5.41 Å². The zero-order chi connectivity index (χ0) is 21.4. The van der Waals surface area contributed by atoms with Gasteiger partial charge in [0.2, 0.25) is 0 Å². The van der Waals surface area contributed by atoms with Crippen LogP contribution in [0.15, 0.2) is 48.5 Å². The zero-order valence-corrected chi connectivity index (χ0v) is 17.7. The molecule has 0 aromatic heterocycles. The van der Waals surface area contributed by atoms with Crippen LogP contribution in [0.3, 0.4) is 0 Å². The Hall–Kier alpha value is -2.38. The zero-order valence-electron chi connectivity index (χ0n) is 16.0. The Morgan fingerprint density at radius 2 is 1.69 bits per heavy atom. The number of carbonyl (C=O) groups is 2. The standard InChI is InChI=1S/C21H21NO6Se/c1-20(2,11-12-29-16-10-6-5-9-15(16)22(27)28)21(26)18(24)14-8-4-3-7-13(14)17(23)19(21)25/h3-10,19,25-26H,11-12H2,1-2H3/t19-,21+/m0/s1. The third-order valence-electron chi connectivity index (χ3n) is 5.51. The fourth-order valence-electron chi connectivity index (χ4n) is 3.58. The molecular weight excluding hydrogens is 441 g/mol. The summed E-state index contributed by atoms with van der Waals surface area (Å²) in [6.07, 6.45) is -1.56. The maximum absolute atomic E-state index is 13.1. The van der Waals surface area contributed by atoms with E-state index in [0.29, 0.717) is 16.2 Å². The molecule has 0 heterocycles. The molecule has 8 heteroatoms. The van der Waals surface area contributed by atoms with Crippen molar-refractivity contribution in [3.05, 3.63) is 69.8 Å². The number of carbonyl (C=O) groups excluding carboxylic acids is 2. The van der Waals surface area contributed by atoms with Crippen LogP contribution in [0.4, 0.5) is 5.69 Å². The van der Waals surface area contributed by atoms with Crippen LogP contribution in [0.2, 0.25) is 5.32 Å². The summed E-state index contributed by atoms with van der Waals surface area (Å²) in [6, 6.07) is 12.6. The number of hydrogen-bond acceptors (Lipinski definition) is 6. The van der Waals surface area contributed by atoms with Crippen molar-refractivity contribution in [3.8, 4) is 0 Å². The predicted molar refractivity (Wildman–Crippen MR) is 108 cm³/mol. The summed E-state index contributed by atoms with van der Waals surface area (Å²) in [5.74, 6) is -1.36. The number of para-hydroxylation sites is 1. The van der Waals surface area contributed by atoms with E-state index in [1.165, 1.54) is 18.2 Å². The molecule has 2 atom stereocenters. The SMILES string of the molecule is CC(C)(CC[Se]c1ccccc1[N+](=O)[O-])[C@@]1(O)C(=O)c2ccccc2C(=O)[C@@H]1O. The number of benzene rings is 2. The van der Waals surface area contributed by atoms with Crippen LogP contribution in [0.25, 0.3) is 0 Å². The third kappa shape index (κ3) is 3.53. The molecule has 1 aliphatic rings. The van der Waals surface area contributed by atoms with Gasteiger partial charge in [-0.15, -0.1) is 0 Å². The van der Waals surface area contributed by atoms with Crippen molar-refractivity contribution < 1.29 is 24.7 Å². The second-order valence-electron chi connectivity index (χ2n) is 7.62. The molecule has 0 amide bonds. The van der Waals surface area contributed by atoms with Crippen LogP contribution in [-0.4, -0.2) is 53.4 Å². The molecule has 2 aromatic carbocycles. The first-order valence-corrected chi connectivity index (χ1v) is 11.1. The van der Waals surface area contributed by atoms with Gasteiger partial charge in [0.25, 0.3) is 0 Å². The van der Waals surface area contributed by atoms with Crippen LogP contribution < -0.4 is 4.46 Å². The van der Waals surface area contributed by atoms with Crippen molar-refractivity contribution in [3.63, 3.8) is 0 Å². The fourth-order valence-corrected chi connectivity index (χ4v) is 6.30. The molecule has 0 fully saturated rings. The number of ketones is 2. The molecule has 2 aromatic rings. The second kappa shape index (κ2) is 7.80. The molecule has 0 aliphatic heterocycles. The van der Waals surface area contributed by atoms with Crippen molar-refractivity contribution in [1.82, 2.24) is 0 Å². The van der Waals surface area contributed by atoms with Crippen molar-refractivity contribution in [2.45, 2.75) is 37.3 Å². The van der Waals surface area contributed by atoms with Gasteiger partial charge < -0.3 is 0 Å². The molecular formula is C21H21NO6Se. The average molecular weight is 462 g/mol. The van der Waals surface area contributed by atoms with Crippen molar-refractivity contribution in [1.29, 1.82) is 0 Å². The molecule has 2 N–H and O–H groups in total. The summed E-state index contributed by atoms with van der Waals surface area (Å²) in [7, 11) is 0. The molecule has 1 aliphatic carbocycles. The number of rotatable bonds is 6. The van der Waals surface area contributed by atoms with E-state index in [0.717, 1.165) is 0 Å². The summed E-state index contributed by atoms with van der Waals surface area (Å²) < 4.78 is 0.615. The number of nitro groups is 1. The van der Waals surface area contributed by atoms with Crippen LogP contribution in [0.5, 0.6) is 0 Å². The quantitative estimate of drug-likeness (QED) is 0.385. The minimum atomic E-state index is -2.27. The number of aliphatic hydroxyl groups is 2. The van der Waals surface area contributed by atoms with Gasteiger partial charge in [0.05, 0.1) is 0 Å². The molecule has 3 rings (SSSR count). The van der Waals surface area contributed by atoms with E-state index in [9.17, 15) is 29.9 Å². The number of Topliss-reactive ketones (excluding diaryl/α,β-unsaturated/α-hetero) is 2. The van der Waals surface area contributed by atoms with E-state index >= 15 is 0 Å². The van der Waals surface area contributed by atoms with Crippen LogP contribution in [0, 0.1) is 15.5 Å². The van der Waals surface area contributed by atoms with Gasteiger partial charge in [-0.1, -0.05) is 0 Å². The van der Waals surface area contributed by atoms with E-state index in [1.54, 1.807) is 44.2 Å². The topological polar surface area (TPSA) is 118 Å². The van der Waals surface area contributed by atoms with Crippen molar-refractivity contribution >= 4 is 36.7 Å². The van der Waals surface area contributed by atoms with Gasteiger partial charge in [-0.05, 0) is 0 Å². The van der Waals surface area contributed by atoms with Crippen molar-refractivity contribution in [2.75, 3.05) is 0 Å². The Labute approximate surface area is 174 Å². The molecule has 0 radical (unpaired) electrons. The Balaban J connectivity index is 1.84. The molecule has 7 nitrogen and oxygen atoms in total.